The van der Waals surface area contributed by atoms with Crippen LogP contribution in [0.25, 0.3) is 0 Å². The Kier molecular flexibility index (Phi) is 3.92. The molecule has 0 aliphatic rings. The average Bonchev–Trinajstić information content (AvgIpc) is 2.47. The minimum absolute atomic E-state index is 0.128. The van der Waals surface area contributed by atoms with Gasteiger partial charge < -0.3 is 14.8 Å². The molecule has 1 heterocycles. The molecule has 0 aliphatic carbocycles. The Balaban J connectivity index is 2.21. The van der Waals surface area contributed by atoms with E-state index in [9.17, 15) is 4.79 Å². The maximum Gasteiger partial charge on any atom is 0.321 e. The molecular weight excluding hydrogens is 246 g/mol. The van der Waals surface area contributed by atoms with Gasteiger partial charge in [-0.2, -0.15) is 9.97 Å². The van der Waals surface area contributed by atoms with Crippen LogP contribution in [0.3, 0.4) is 0 Å². The summed E-state index contributed by atoms with van der Waals surface area (Å²) < 4.78 is 9.93. The van der Waals surface area contributed by atoms with Crippen LogP contribution in [0.2, 0.25) is 0 Å². The second kappa shape index (κ2) is 5.81. The van der Waals surface area contributed by atoms with Gasteiger partial charge in [-0.25, -0.2) is 0 Å². The molecule has 6 heteroatoms. The maximum absolute atomic E-state index is 12.0. The van der Waals surface area contributed by atoms with Crippen molar-refractivity contribution in [3.63, 3.8) is 0 Å². The lowest BCUT2D eigenvalue weighted by atomic mass is 10.2. The Morgan fingerprint density at radius 3 is 2.47 bits per heavy atom. The summed E-state index contributed by atoms with van der Waals surface area (Å²) >= 11 is 0. The number of aromatic nitrogens is 2. The highest BCUT2D eigenvalue weighted by Crippen LogP contribution is 2.17. The SMILES string of the molecule is COc1cc(NC(=O)c2ccccc2)nc(OC)n1. The first-order chi connectivity index (χ1) is 9.22. The number of carbonyl (C=O) groups is 1. The van der Waals surface area contributed by atoms with Gasteiger partial charge in [0.15, 0.2) is 0 Å². The topological polar surface area (TPSA) is 73.3 Å². The molecule has 6 nitrogen and oxygen atoms in total. The number of hydrogen-bond donors (Lipinski definition) is 1. The normalized spacial score (nSPS) is 9.79. The predicted molar refractivity (Wildman–Crippen MR) is 69.5 cm³/mol. The van der Waals surface area contributed by atoms with Crippen LogP contribution < -0.4 is 14.8 Å². The smallest absolute Gasteiger partial charge is 0.321 e. The molecule has 0 aliphatic heterocycles. The number of amides is 1. The van der Waals surface area contributed by atoms with E-state index in [4.69, 9.17) is 9.47 Å². The molecular formula is C13H13N3O3. The number of benzene rings is 1. The van der Waals surface area contributed by atoms with Crippen LogP contribution >= 0.6 is 0 Å². The summed E-state index contributed by atoms with van der Waals surface area (Å²) in [6.45, 7) is 0. The fraction of sp³-hybridized carbons (Fsp3) is 0.154. The quantitative estimate of drug-likeness (QED) is 0.905. The van der Waals surface area contributed by atoms with Gasteiger partial charge in [-0.3, -0.25) is 4.79 Å². The lowest BCUT2D eigenvalue weighted by molar-refractivity contribution is 0.102. The zero-order valence-electron chi connectivity index (χ0n) is 10.6. The number of methoxy groups -OCH3 is 2. The second-order valence-electron chi connectivity index (χ2n) is 3.60. The number of hydrogen-bond acceptors (Lipinski definition) is 5. The second-order valence-corrected chi connectivity index (χ2v) is 3.60. The van der Waals surface area contributed by atoms with Crippen LogP contribution in [-0.2, 0) is 0 Å². The molecule has 0 fully saturated rings. The molecule has 0 radical (unpaired) electrons. The Morgan fingerprint density at radius 2 is 1.84 bits per heavy atom. The zero-order valence-corrected chi connectivity index (χ0v) is 10.6. The minimum atomic E-state index is -0.261. The van der Waals surface area contributed by atoms with E-state index in [1.807, 2.05) is 6.07 Å². The van der Waals surface area contributed by atoms with Gasteiger partial charge in [0.1, 0.15) is 5.82 Å². The van der Waals surface area contributed by atoms with Gasteiger partial charge in [0.05, 0.1) is 14.2 Å². The summed E-state index contributed by atoms with van der Waals surface area (Å²) in [6, 6.07) is 10.5. The Labute approximate surface area is 110 Å². The van der Waals surface area contributed by atoms with Gasteiger partial charge in [-0.05, 0) is 12.1 Å². The van der Waals surface area contributed by atoms with Gasteiger partial charge in [-0.15, -0.1) is 0 Å². The highest BCUT2D eigenvalue weighted by molar-refractivity contribution is 6.03. The van der Waals surface area contributed by atoms with Gasteiger partial charge in [-0.1, -0.05) is 18.2 Å². The number of ether oxygens (including phenoxy) is 2. The number of nitrogens with one attached hydrogen (secondary N) is 1. The van der Waals surface area contributed by atoms with E-state index in [1.54, 1.807) is 24.3 Å². The van der Waals surface area contributed by atoms with E-state index < -0.39 is 0 Å². The maximum atomic E-state index is 12.0. The van der Waals surface area contributed by atoms with Gasteiger partial charge >= 0.3 is 6.01 Å². The fourth-order valence-corrected chi connectivity index (χ4v) is 1.44. The third-order valence-electron chi connectivity index (χ3n) is 2.35. The van der Waals surface area contributed by atoms with Crippen molar-refractivity contribution in [3.8, 4) is 11.9 Å². The fourth-order valence-electron chi connectivity index (χ4n) is 1.44. The van der Waals surface area contributed by atoms with E-state index in [1.165, 1.54) is 20.3 Å². The molecule has 2 rings (SSSR count). The standard InChI is InChI=1S/C13H13N3O3/c1-18-11-8-10(15-13(16-11)19-2)14-12(17)9-6-4-3-5-7-9/h3-8H,1-2H3,(H,14,15,16,17). The van der Waals surface area contributed by atoms with Crippen molar-refractivity contribution in [2.24, 2.45) is 0 Å². The van der Waals surface area contributed by atoms with Gasteiger partial charge in [0.2, 0.25) is 5.88 Å². The van der Waals surface area contributed by atoms with Crippen LogP contribution in [0, 0.1) is 0 Å². The third kappa shape index (κ3) is 3.19. The number of carbonyl (C=O) groups excluding carboxylic acids is 1. The highest BCUT2D eigenvalue weighted by atomic mass is 16.5. The van der Waals surface area contributed by atoms with Crippen molar-refractivity contribution in [1.29, 1.82) is 0 Å². The van der Waals surface area contributed by atoms with E-state index in [-0.39, 0.29) is 11.9 Å². The van der Waals surface area contributed by atoms with Crippen molar-refractivity contribution >= 4 is 11.7 Å². The van der Waals surface area contributed by atoms with E-state index in [0.29, 0.717) is 17.3 Å². The summed E-state index contributed by atoms with van der Waals surface area (Å²) in [7, 11) is 2.92. The van der Waals surface area contributed by atoms with Crippen molar-refractivity contribution in [1.82, 2.24) is 9.97 Å². The van der Waals surface area contributed by atoms with Crippen LogP contribution in [0.1, 0.15) is 10.4 Å². The van der Waals surface area contributed by atoms with Crippen molar-refractivity contribution in [3.05, 3.63) is 42.0 Å². The number of nitrogens with zero attached hydrogens (tertiary/aromatic N) is 2. The molecule has 0 saturated heterocycles. The Hall–Kier alpha value is -2.63. The molecule has 98 valence electrons. The molecule has 1 aromatic heterocycles. The lowest BCUT2D eigenvalue weighted by Crippen LogP contribution is -2.13. The summed E-state index contributed by atoms with van der Waals surface area (Å²) in [5.74, 6) is 0.371. The van der Waals surface area contributed by atoms with Gasteiger partial charge in [0, 0.05) is 11.6 Å². The predicted octanol–water partition coefficient (Wildman–Crippen LogP) is 1.75. The summed E-state index contributed by atoms with van der Waals surface area (Å²) in [5, 5.41) is 2.66. The number of rotatable bonds is 4. The van der Waals surface area contributed by atoms with E-state index in [2.05, 4.69) is 15.3 Å². The van der Waals surface area contributed by atoms with Gasteiger partial charge in [0.25, 0.3) is 5.91 Å². The molecule has 0 saturated carbocycles. The first kappa shape index (κ1) is 12.8. The lowest BCUT2D eigenvalue weighted by Gasteiger charge is -2.07. The summed E-state index contributed by atoms with van der Waals surface area (Å²) in [4.78, 5) is 19.9. The Morgan fingerprint density at radius 1 is 1.11 bits per heavy atom. The third-order valence-corrected chi connectivity index (χ3v) is 2.35. The molecule has 1 aromatic carbocycles. The summed E-state index contributed by atoms with van der Waals surface area (Å²) in [6.07, 6.45) is 0. The largest absolute Gasteiger partial charge is 0.481 e. The van der Waals surface area contributed by atoms with Crippen molar-refractivity contribution < 1.29 is 14.3 Å². The molecule has 0 spiro atoms. The van der Waals surface area contributed by atoms with Crippen LogP contribution in [-0.4, -0.2) is 30.1 Å². The molecule has 1 amide bonds. The molecule has 0 atom stereocenters. The monoisotopic (exact) mass is 259 g/mol. The van der Waals surface area contributed by atoms with E-state index >= 15 is 0 Å². The summed E-state index contributed by atoms with van der Waals surface area (Å²) in [5.41, 5.74) is 0.541. The first-order valence-electron chi connectivity index (χ1n) is 5.56. The minimum Gasteiger partial charge on any atom is -0.481 e. The molecule has 0 unspecified atom stereocenters. The van der Waals surface area contributed by atoms with Crippen molar-refractivity contribution in [2.75, 3.05) is 19.5 Å². The zero-order chi connectivity index (χ0) is 13.7. The van der Waals surface area contributed by atoms with Crippen LogP contribution in [0.15, 0.2) is 36.4 Å². The van der Waals surface area contributed by atoms with Crippen LogP contribution in [0.4, 0.5) is 5.82 Å². The molecule has 0 bridgehead atoms. The highest BCUT2D eigenvalue weighted by Gasteiger charge is 2.09. The molecule has 19 heavy (non-hydrogen) atoms. The van der Waals surface area contributed by atoms with E-state index in [0.717, 1.165) is 0 Å². The molecule has 1 N–H and O–H groups in total. The number of anilines is 1. The Bertz CT molecular complexity index is 550. The first-order valence-corrected chi connectivity index (χ1v) is 5.56. The van der Waals surface area contributed by atoms with Crippen LogP contribution in [0.5, 0.6) is 11.9 Å². The van der Waals surface area contributed by atoms with Crippen molar-refractivity contribution in [2.45, 2.75) is 0 Å². The molecule has 2 aromatic rings. The average molecular weight is 259 g/mol.